The summed E-state index contributed by atoms with van der Waals surface area (Å²) in [5.74, 6) is 0.0312. The number of carbonyl (C=O) groups excluding carboxylic acids is 2. The molecular formula is C14H18ClNO3. The summed E-state index contributed by atoms with van der Waals surface area (Å²) in [5.41, 5.74) is -0.0694. The fourth-order valence-electron chi connectivity index (χ4n) is 1.52. The van der Waals surface area contributed by atoms with Crippen molar-refractivity contribution in [2.24, 2.45) is 5.41 Å². The maximum absolute atomic E-state index is 12.1. The van der Waals surface area contributed by atoms with Crippen molar-refractivity contribution < 1.29 is 14.3 Å². The zero-order valence-electron chi connectivity index (χ0n) is 11.5. The standard InChI is InChI=1S/C14H18ClNO3/c1-14(2,3)11(8-17)16-13(18)9-6-5-7-10(19-4)12(9)15/h5-8,11H,1-4H3,(H,16,18)/t11-/m1/s1. The Kier molecular flexibility index (Phi) is 4.95. The Bertz CT molecular complexity index is 480. The Morgan fingerprint density at radius 3 is 2.53 bits per heavy atom. The van der Waals surface area contributed by atoms with Gasteiger partial charge in [-0.15, -0.1) is 0 Å². The highest BCUT2D eigenvalue weighted by Gasteiger charge is 2.27. The van der Waals surface area contributed by atoms with Gasteiger partial charge in [0.25, 0.3) is 5.91 Å². The van der Waals surface area contributed by atoms with Crippen LogP contribution >= 0.6 is 11.6 Å². The largest absolute Gasteiger partial charge is 0.495 e. The van der Waals surface area contributed by atoms with Crippen LogP contribution in [0, 0.1) is 5.41 Å². The molecule has 0 aliphatic rings. The first-order valence-electron chi connectivity index (χ1n) is 5.90. The van der Waals surface area contributed by atoms with Gasteiger partial charge in [-0.25, -0.2) is 0 Å². The number of carbonyl (C=O) groups is 2. The maximum atomic E-state index is 12.1. The van der Waals surface area contributed by atoms with Crippen LogP contribution in [0.15, 0.2) is 18.2 Å². The summed E-state index contributed by atoms with van der Waals surface area (Å²) in [6.07, 6.45) is 0.728. The molecule has 1 aromatic rings. The molecule has 0 unspecified atom stereocenters. The van der Waals surface area contributed by atoms with Gasteiger partial charge in [0.2, 0.25) is 0 Å². The van der Waals surface area contributed by atoms with Gasteiger partial charge in [-0.2, -0.15) is 0 Å². The van der Waals surface area contributed by atoms with Crippen molar-refractivity contribution in [3.8, 4) is 5.75 Å². The SMILES string of the molecule is COc1cccc(C(=O)N[C@H](C=O)C(C)(C)C)c1Cl. The highest BCUT2D eigenvalue weighted by molar-refractivity contribution is 6.35. The number of methoxy groups -OCH3 is 1. The molecule has 0 saturated heterocycles. The molecule has 0 aromatic heterocycles. The van der Waals surface area contributed by atoms with Crippen LogP contribution < -0.4 is 10.1 Å². The molecule has 19 heavy (non-hydrogen) atoms. The summed E-state index contributed by atoms with van der Waals surface area (Å²) in [6, 6.07) is 4.35. The molecule has 0 fully saturated rings. The van der Waals surface area contributed by atoms with Crippen LogP contribution in [0.2, 0.25) is 5.02 Å². The first-order valence-corrected chi connectivity index (χ1v) is 6.27. The third kappa shape index (κ3) is 3.70. The molecular weight excluding hydrogens is 266 g/mol. The first-order chi connectivity index (χ1) is 8.81. The van der Waals surface area contributed by atoms with E-state index >= 15 is 0 Å². The maximum Gasteiger partial charge on any atom is 0.253 e. The van der Waals surface area contributed by atoms with Gasteiger partial charge in [0, 0.05) is 0 Å². The Hall–Kier alpha value is -1.55. The quantitative estimate of drug-likeness (QED) is 0.865. The second kappa shape index (κ2) is 6.06. The van der Waals surface area contributed by atoms with Crippen LogP contribution in [0.5, 0.6) is 5.75 Å². The van der Waals surface area contributed by atoms with Crippen LogP contribution in [0.25, 0.3) is 0 Å². The van der Waals surface area contributed by atoms with Crippen molar-refractivity contribution in [1.82, 2.24) is 5.32 Å². The molecule has 1 atom stereocenters. The monoisotopic (exact) mass is 283 g/mol. The van der Waals surface area contributed by atoms with E-state index in [9.17, 15) is 9.59 Å². The molecule has 104 valence electrons. The van der Waals surface area contributed by atoms with Crippen molar-refractivity contribution in [2.45, 2.75) is 26.8 Å². The Morgan fingerprint density at radius 1 is 1.42 bits per heavy atom. The topological polar surface area (TPSA) is 55.4 Å². The van der Waals surface area contributed by atoms with Gasteiger partial charge in [0.1, 0.15) is 12.0 Å². The van der Waals surface area contributed by atoms with E-state index in [0.29, 0.717) is 5.75 Å². The molecule has 0 aliphatic heterocycles. The van der Waals surface area contributed by atoms with Crippen molar-refractivity contribution in [3.63, 3.8) is 0 Å². The normalized spacial score (nSPS) is 12.7. The Labute approximate surface area is 118 Å². The zero-order valence-corrected chi connectivity index (χ0v) is 12.2. The van der Waals surface area contributed by atoms with E-state index in [2.05, 4.69) is 5.32 Å². The molecule has 4 nitrogen and oxygen atoms in total. The van der Waals surface area contributed by atoms with E-state index in [-0.39, 0.29) is 16.0 Å². The molecule has 1 N–H and O–H groups in total. The Balaban J connectivity index is 2.99. The van der Waals surface area contributed by atoms with Gasteiger partial charge in [-0.1, -0.05) is 38.4 Å². The van der Waals surface area contributed by atoms with Crippen LogP contribution in [0.3, 0.4) is 0 Å². The van der Waals surface area contributed by atoms with E-state index in [1.807, 2.05) is 20.8 Å². The first kappa shape index (κ1) is 15.5. The van der Waals surface area contributed by atoms with Crippen LogP contribution in [-0.2, 0) is 4.79 Å². The van der Waals surface area contributed by atoms with Crippen LogP contribution in [-0.4, -0.2) is 25.3 Å². The average molecular weight is 284 g/mol. The van der Waals surface area contributed by atoms with Gasteiger partial charge in [-0.3, -0.25) is 4.79 Å². The van der Waals surface area contributed by atoms with Gasteiger partial charge < -0.3 is 14.8 Å². The fraction of sp³-hybridized carbons (Fsp3) is 0.429. The molecule has 0 heterocycles. The fourth-order valence-corrected chi connectivity index (χ4v) is 1.81. The van der Waals surface area contributed by atoms with E-state index in [4.69, 9.17) is 16.3 Å². The minimum Gasteiger partial charge on any atom is -0.495 e. The van der Waals surface area contributed by atoms with Crippen molar-refractivity contribution >= 4 is 23.8 Å². The molecule has 0 saturated carbocycles. The van der Waals surface area contributed by atoms with Crippen LogP contribution in [0.4, 0.5) is 0 Å². The average Bonchev–Trinajstić information content (AvgIpc) is 2.34. The third-order valence-corrected chi connectivity index (χ3v) is 3.17. The lowest BCUT2D eigenvalue weighted by Gasteiger charge is -2.26. The number of ether oxygens (including phenoxy) is 1. The van der Waals surface area contributed by atoms with E-state index in [1.165, 1.54) is 7.11 Å². The van der Waals surface area contributed by atoms with Gasteiger partial charge in [-0.05, 0) is 17.5 Å². The highest BCUT2D eigenvalue weighted by Crippen LogP contribution is 2.28. The van der Waals surface area contributed by atoms with E-state index in [1.54, 1.807) is 18.2 Å². The summed E-state index contributed by atoms with van der Waals surface area (Å²) in [6.45, 7) is 5.62. The van der Waals surface area contributed by atoms with Gasteiger partial charge in [0.05, 0.1) is 23.7 Å². The predicted molar refractivity (Wildman–Crippen MR) is 74.8 cm³/mol. The second-order valence-corrected chi connectivity index (χ2v) is 5.65. The lowest BCUT2D eigenvalue weighted by Crippen LogP contribution is -2.44. The smallest absolute Gasteiger partial charge is 0.253 e. The molecule has 0 bridgehead atoms. The summed E-state index contributed by atoms with van der Waals surface area (Å²) in [5, 5.41) is 2.91. The minimum absolute atomic E-state index is 0.237. The van der Waals surface area contributed by atoms with Crippen molar-refractivity contribution in [3.05, 3.63) is 28.8 Å². The van der Waals surface area contributed by atoms with Crippen LogP contribution in [0.1, 0.15) is 31.1 Å². The third-order valence-electron chi connectivity index (χ3n) is 2.78. The second-order valence-electron chi connectivity index (χ2n) is 5.28. The molecule has 0 aliphatic carbocycles. The van der Waals surface area contributed by atoms with Gasteiger partial charge >= 0.3 is 0 Å². The molecule has 1 amide bonds. The number of benzene rings is 1. The van der Waals surface area contributed by atoms with E-state index in [0.717, 1.165) is 6.29 Å². The summed E-state index contributed by atoms with van der Waals surface area (Å²) >= 11 is 6.07. The summed E-state index contributed by atoms with van der Waals surface area (Å²) < 4.78 is 5.05. The van der Waals surface area contributed by atoms with Crippen molar-refractivity contribution in [1.29, 1.82) is 0 Å². The lowest BCUT2D eigenvalue weighted by molar-refractivity contribution is -0.111. The number of rotatable bonds is 4. The summed E-state index contributed by atoms with van der Waals surface area (Å²) in [4.78, 5) is 23.2. The van der Waals surface area contributed by atoms with Crippen molar-refractivity contribution in [2.75, 3.05) is 7.11 Å². The number of amides is 1. The number of aldehydes is 1. The predicted octanol–water partition coefficient (Wildman–Crippen LogP) is 2.69. The number of hydrogen-bond acceptors (Lipinski definition) is 3. The molecule has 5 heteroatoms. The zero-order chi connectivity index (χ0) is 14.6. The molecule has 1 aromatic carbocycles. The minimum atomic E-state index is -0.581. The number of hydrogen-bond donors (Lipinski definition) is 1. The number of halogens is 1. The molecule has 0 spiro atoms. The molecule has 0 radical (unpaired) electrons. The highest BCUT2D eigenvalue weighted by atomic mass is 35.5. The molecule has 1 rings (SSSR count). The van der Waals surface area contributed by atoms with Gasteiger partial charge in [0.15, 0.2) is 0 Å². The summed E-state index contributed by atoms with van der Waals surface area (Å²) in [7, 11) is 1.48. The Morgan fingerprint density at radius 2 is 2.05 bits per heavy atom. The van der Waals surface area contributed by atoms with E-state index < -0.39 is 11.9 Å². The lowest BCUT2D eigenvalue weighted by atomic mass is 9.87. The number of nitrogens with one attached hydrogen (secondary N) is 1.